The first-order valence-electron chi connectivity index (χ1n) is 5.56. The number of hydrogen-bond acceptors (Lipinski definition) is 3. The minimum Gasteiger partial charge on any atom is -0.326 e. The molecule has 0 bridgehead atoms. The third-order valence-electron chi connectivity index (χ3n) is 2.62. The molecule has 1 aromatic rings. The number of hydrogen-bond donors (Lipinski definition) is 1. The van der Waals surface area contributed by atoms with E-state index in [0.717, 1.165) is 6.07 Å². The van der Waals surface area contributed by atoms with Gasteiger partial charge in [0.2, 0.25) is 10.0 Å². The van der Waals surface area contributed by atoms with Crippen molar-refractivity contribution in [2.24, 2.45) is 5.73 Å². The lowest BCUT2D eigenvalue weighted by Crippen LogP contribution is -2.31. The van der Waals surface area contributed by atoms with Crippen molar-refractivity contribution in [3.8, 4) is 0 Å². The van der Waals surface area contributed by atoms with Crippen molar-refractivity contribution in [3.63, 3.8) is 0 Å². The Hall–Kier alpha value is -0.690. The number of rotatable bonds is 5. The van der Waals surface area contributed by atoms with E-state index in [9.17, 15) is 12.8 Å². The molecule has 0 saturated carbocycles. The summed E-state index contributed by atoms with van der Waals surface area (Å²) >= 11 is 5.79. The first-order valence-corrected chi connectivity index (χ1v) is 7.38. The van der Waals surface area contributed by atoms with Gasteiger partial charge in [-0.25, -0.2) is 12.8 Å². The second-order valence-corrected chi connectivity index (χ2v) is 6.01. The molecule has 18 heavy (non-hydrogen) atoms. The molecule has 0 unspecified atom stereocenters. The summed E-state index contributed by atoms with van der Waals surface area (Å²) in [6.45, 7) is 3.80. The van der Waals surface area contributed by atoms with Crippen molar-refractivity contribution in [1.82, 2.24) is 4.31 Å². The number of benzene rings is 1. The summed E-state index contributed by atoms with van der Waals surface area (Å²) in [7, 11) is -3.87. The molecule has 0 fully saturated rings. The zero-order valence-electron chi connectivity index (χ0n) is 10.3. The van der Waals surface area contributed by atoms with Gasteiger partial charge in [-0.3, -0.25) is 0 Å². The average molecular weight is 295 g/mol. The van der Waals surface area contributed by atoms with Gasteiger partial charge >= 0.3 is 0 Å². The van der Waals surface area contributed by atoms with Gasteiger partial charge in [0, 0.05) is 30.2 Å². The van der Waals surface area contributed by atoms with Crippen molar-refractivity contribution >= 4 is 21.6 Å². The van der Waals surface area contributed by atoms with Crippen LogP contribution in [0.4, 0.5) is 4.39 Å². The molecule has 0 radical (unpaired) electrons. The molecule has 0 aliphatic rings. The lowest BCUT2D eigenvalue weighted by Gasteiger charge is -2.19. The zero-order chi connectivity index (χ0) is 13.9. The molecule has 0 saturated heterocycles. The molecule has 0 aliphatic heterocycles. The second kappa shape index (κ2) is 5.97. The van der Waals surface area contributed by atoms with E-state index in [-0.39, 0.29) is 30.2 Å². The van der Waals surface area contributed by atoms with Gasteiger partial charge in [-0.05, 0) is 12.1 Å². The molecule has 0 amide bonds. The van der Waals surface area contributed by atoms with Crippen LogP contribution in [0.3, 0.4) is 0 Å². The van der Waals surface area contributed by atoms with E-state index in [1.165, 1.54) is 10.4 Å². The smallest absolute Gasteiger partial charge is 0.246 e. The summed E-state index contributed by atoms with van der Waals surface area (Å²) in [6, 6.07) is 2.45. The van der Waals surface area contributed by atoms with Crippen LogP contribution in [-0.4, -0.2) is 25.8 Å². The molecule has 4 nitrogen and oxygen atoms in total. The Morgan fingerprint density at radius 3 is 2.33 bits per heavy atom. The van der Waals surface area contributed by atoms with Crippen LogP contribution in [0.5, 0.6) is 0 Å². The molecule has 2 N–H and O–H groups in total. The molecule has 1 aromatic carbocycles. The van der Waals surface area contributed by atoms with Gasteiger partial charge in [0.15, 0.2) is 0 Å². The van der Waals surface area contributed by atoms with Gasteiger partial charge in [0.25, 0.3) is 0 Å². The van der Waals surface area contributed by atoms with Crippen LogP contribution in [0.1, 0.15) is 19.4 Å². The van der Waals surface area contributed by atoms with E-state index in [0.29, 0.717) is 0 Å². The van der Waals surface area contributed by atoms with Crippen LogP contribution in [0.2, 0.25) is 5.02 Å². The van der Waals surface area contributed by atoms with E-state index in [1.807, 2.05) is 0 Å². The van der Waals surface area contributed by atoms with Crippen LogP contribution in [0.25, 0.3) is 0 Å². The molecule has 0 aliphatic carbocycles. The third-order valence-corrected chi connectivity index (χ3v) is 4.89. The maximum atomic E-state index is 14.0. The third kappa shape index (κ3) is 2.83. The van der Waals surface area contributed by atoms with Gasteiger partial charge in [-0.1, -0.05) is 25.4 Å². The largest absolute Gasteiger partial charge is 0.326 e. The highest BCUT2D eigenvalue weighted by Gasteiger charge is 2.27. The van der Waals surface area contributed by atoms with E-state index in [1.54, 1.807) is 13.8 Å². The second-order valence-electron chi connectivity index (χ2n) is 3.67. The van der Waals surface area contributed by atoms with Crippen molar-refractivity contribution in [1.29, 1.82) is 0 Å². The van der Waals surface area contributed by atoms with Crippen molar-refractivity contribution < 1.29 is 12.8 Å². The summed E-state index contributed by atoms with van der Waals surface area (Å²) in [5, 5.41) is 0.155. The van der Waals surface area contributed by atoms with Crippen LogP contribution in [0.15, 0.2) is 17.0 Å². The molecule has 0 aromatic heterocycles. The van der Waals surface area contributed by atoms with E-state index < -0.39 is 20.7 Å². The summed E-state index contributed by atoms with van der Waals surface area (Å²) in [5.41, 5.74) is 5.46. The molecule has 7 heteroatoms. The summed E-state index contributed by atoms with van der Waals surface area (Å²) in [4.78, 5) is -0.417. The molecule has 0 atom stereocenters. The lowest BCUT2D eigenvalue weighted by atomic mass is 10.2. The SMILES string of the molecule is CCN(CC)S(=O)(=O)c1cc(Cl)cc(CN)c1F. The Morgan fingerprint density at radius 2 is 1.89 bits per heavy atom. The van der Waals surface area contributed by atoms with Crippen molar-refractivity contribution in [2.75, 3.05) is 13.1 Å². The maximum absolute atomic E-state index is 14.0. The van der Waals surface area contributed by atoms with E-state index >= 15 is 0 Å². The average Bonchev–Trinajstić information content (AvgIpc) is 2.32. The Morgan fingerprint density at radius 1 is 1.33 bits per heavy atom. The fraction of sp³-hybridized carbons (Fsp3) is 0.455. The van der Waals surface area contributed by atoms with Crippen molar-refractivity contribution in [3.05, 3.63) is 28.5 Å². The van der Waals surface area contributed by atoms with Crippen molar-refractivity contribution in [2.45, 2.75) is 25.3 Å². The predicted molar refractivity (Wildman–Crippen MR) is 69.4 cm³/mol. The quantitative estimate of drug-likeness (QED) is 0.903. The monoisotopic (exact) mass is 294 g/mol. The number of nitrogens with two attached hydrogens (primary N) is 1. The van der Waals surface area contributed by atoms with Crippen LogP contribution in [0, 0.1) is 5.82 Å². The first-order chi connectivity index (χ1) is 8.38. The highest BCUT2D eigenvalue weighted by atomic mass is 35.5. The fourth-order valence-corrected chi connectivity index (χ4v) is 3.55. The van der Waals surface area contributed by atoms with Gasteiger partial charge in [0.05, 0.1) is 0 Å². The minimum absolute atomic E-state index is 0.0910. The van der Waals surface area contributed by atoms with Gasteiger partial charge < -0.3 is 5.73 Å². The lowest BCUT2D eigenvalue weighted by molar-refractivity contribution is 0.439. The Bertz CT molecular complexity index is 530. The number of sulfonamides is 1. The summed E-state index contributed by atoms with van der Waals surface area (Å²) in [5.74, 6) is -0.825. The summed E-state index contributed by atoms with van der Waals surface area (Å²) < 4.78 is 39.6. The number of halogens is 2. The normalized spacial score (nSPS) is 12.1. The summed E-state index contributed by atoms with van der Waals surface area (Å²) in [6.07, 6.45) is 0. The van der Waals surface area contributed by atoms with Crippen LogP contribution in [-0.2, 0) is 16.6 Å². The fourth-order valence-electron chi connectivity index (χ4n) is 1.66. The molecular formula is C11H16ClFN2O2S. The van der Waals surface area contributed by atoms with E-state index in [2.05, 4.69) is 0 Å². The highest BCUT2D eigenvalue weighted by molar-refractivity contribution is 7.89. The zero-order valence-corrected chi connectivity index (χ0v) is 11.9. The molecule has 102 valence electrons. The Labute approximate surface area is 112 Å². The Balaban J connectivity index is 3.45. The van der Waals surface area contributed by atoms with Gasteiger partial charge in [-0.15, -0.1) is 0 Å². The topological polar surface area (TPSA) is 63.4 Å². The standard InChI is InChI=1S/C11H16ClFN2O2S/c1-3-15(4-2)18(16,17)10-6-9(12)5-8(7-14)11(10)13/h5-6H,3-4,7,14H2,1-2H3. The highest BCUT2D eigenvalue weighted by Crippen LogP contribution is 2.26. The predicted octanol–water partition coefficient (Wildman–Crippen LogP) is 1.97. The van der Waals surface area contributed by atoms with Crippen LogP contribution < -0.4 is 5.73 Å². The molecule has 1 rings (SSSR count). The first kappa shape index (κ1) is 15.4. The van der Waals surface area contributed by atoms with Crippen LogP contribution >= 0.6 is 11.6 Å². The number of nitrogens with zero attached hydrogens (tertiary/aromatic N) is 1. The minimum atomic E-state index is -3.87. The van der Waals surface area contributed by atoms with E-state index in [4.69, 9.17) is 17.3 Å². The Kier molecular flexibility index (Phi) is 5.10. The van der Waals surface area contributed by atoms with Gasteiger partial charge in [-0.2, -0.15) is 4.31 Å². The van der Waals surface area contributed by atoms with Gasteiger partial charge in [0.1, 0.15) is 10.7 Å². The molecule has 0 spiro atoms. The maximum Gasteiger partial charge on any atom is 0.246 e. The molecular weight excluding hydrogens is 279 g/mol. The molecule has 0 heterocycles.